The van der Waals surface area contributed by atoms with Gasteiger partial charge in [-0.25, -0.2) is 9.97 Å². The molecule has 7 heteroatoms. The van der Waals surface area contributed by atoms with Crippen LogP contribution in [0.1, 0.15) is 36.7 Å². The molecule has 0 aliphatic carbocycles. The van der Waals surface area contributed by atoms with Gasteiger partial charge in [0.25, 0.3) is 5.91 Å². The Labute approximate surface area is 146 Å². The highest BCUT2D eigenvalue weighted by Crippen LogP contribution is 2.32. The zero-order chi connectivity index (χ0) is 17.5. The van der Waals surface area contributed by atoms with Crippen molar-refractivity contribution in [1.29, 1.82) is 0 Å². The summed E-state index contributed by atoms with van der Waals surface area (Å²) in [7, 11) is 0. The molecule has 0 spiro atoms. The molecule has 2 aromatic rings. The first-order valence-electron chi connectivity index (χ1n) is 8.53. The molecule has 0 saturated heterocycles. The fourth-order valence-corrected chi connectivity index (χ4v) is 2.49. The lowest BCUT2D eigenvalue weighted by Crippen LogP contribution is -2.17. The van der Waals surface area contributed by atoms with Gasteiger partial charge in [0, 0.05) is 24.4 Å². The normalized spacial score (nSPS) is 12.5. The molecule has 0 bridgehead atoms. The van der Waals surface area contributed by atoms with E-state index in [1.165, 1.54) is 6.33 Å². The number of anilines is 2. The number of nitrogens with one attached hydrogen (secondary N) is 2. The van der Waals surface area contributed by atoms with Gasteiger partial charge in [0.05, 0.1) is 0 Å². The molecule has 25 heavy (non-hydrogen) atoms. The molecule has 0 unspecified atom stereocenters. The van der Waals surface area contributed by atoms with E-state index in [-0.39, 0.29) is 5.91 Å². The molecule has 1 aromatic heterocycles. The highest BCUT2D eigenvalue weighted by atomic mass is 16.6. The highest BCUT2D eigenvalue weighted by Gasteiger charge is 2.14. The van der Waals surface area contributed by atoms with Gasteiger partial charge in [0.15, 0.2) is 11.5 Å². The number of aromatic nitrogens is 2. The van der Waals surface area contributed by atoms with E-state index in [0.717, 1.165) is 25.8 Å². The first-order chi connectivity index (χ1) is 12.3. The van der Waals surface area contributed by atoms with Crippen LogP contribution in [-0.2, 0) is 0 Å². The summed E-state index contributed by atoms with van der Waals surface area (Å²) in [5.74, 6) is 1.67. The number of carbonyl (C=O) groups is 1. The zero-order valence-corrected chi connectivity index (χ0v) is 14.2. The maximum Gasteiger partial charge on any atom is 0.274 e. The largest absolute Gasteiger partial charge is 0.486 e. The number of hydrogen-bond donors (Lipinski definition) is 2. The van der Waals surface area contributed by atoms with E-state index in [2.05, 4.69) is 27.5 Å². The second-order valence-corrected chi connectivity index (χ2v) is 5.73. The van der Waals surface area contributed by atoms with Crippen molar-refractivity contribution in [3.05, 3.63) is 36.3 Å². The molecule has 0 radical (unpaired) electrons. The standard InChI is InChI=1S/C18H22N4O3/c1-2-3-4-7-19-17-11-14(20-12-21-17)18(23)22-13-5-6-15-16(10-13)25-9-8-24-15/h5-6,10-12H,2-4,7-9H2,1H3,(H,22,23)(H,19,20,21). The molecular formula is C18H22N4O3. The number of benzene rings is 1. The van der Waals surface area contributed by atoms with Crippen LogP contribution in [0.2, 0.25) is 0 Å². The summed E-state index contributed by atoms with van der Waals surface area (Å²) in [5.41, 5.74) is 0.938. The van der Waals surface area contributed by atoms with Crippen molar-refractivity contribution in [2.24, 2.45) is 0 Å². The van der Waals surface area contributed by atoms with E-state index in [9.17, 15) is 4.79 Å². The maximum absolute atomic E-state index is 12.4. The molecule has 1 aromatic carbocycles. The van der Waals surface area contributed by atoms with E-state index >= 15 is 0 Å². The minimum absolute atomic E-state index is 0.296. The van der Waals surface area contributed by atoms with Gasteiger partial charge in [-0.3, -0.25) is 4.79 Å². The van der Waals surface area contributed by atoms with E-state index < -0.39 is 0 Å². The first kappa shape index (κ1) is 17.0. The highest BCUT2D eigenvalue weighted by molar-refractivity contribution is 6.03. The lowest BCUT2D eigenvalue weighted by atomic mass is 10.2. The van der Waals surface area contributed by atoms with Crippen molar-refractivity contribution in [2.45, 2.75) is 26.2 Å². The van der Waals surface area contributed by atoms with Crippen LogP contribution >= 0.6 is 0 Å². The van der Waals surface area contributed by atoms with Gasteiger partial charge >= 0.3 is 0 Å². The smallest absolute Gasteiger partial charge is 0.274 e. The minimum Gasteiger partial charge on any atom is -0.486 e. The van der Waals surface area contributed by atoms with Gasteiger partial charge in [-0.1, -0.05) is 19.8 Å². The van der Waals surface area contributed by atoms with Crippen LogP contribution in [0, 0.1) is 0 Å². The summed E-state index contributed by atoms with van der Waals surface area (Å²) in [6.45, 7) is 4.02. The van der Waals surface area contributed by atoms with Crippen LogP contribution in [0.4, 0.5) is 11.5 Å². The molecule has 2 N–H and O–H groups in total. The Balaban J connectivity index is 1.63. The molecule has 0 atom stereocenters. The second kappa shape index (κ2) is 8.32. The van der Waals surface area contributed by atoms with Gasteiger partial charge in [-0.15, -0.1) is 0 Å². The summed E-state index contributed by atoms with van der Waals surface area (Å²) in [6.07, 6.45) is 4.78. The van der Waals surface area contributed by atoms with Crippen molar-refractivity contribution in [3.8, 4) is 11.5 Å². The second-order valence-electron chi connectivity index (χ2n) is 5.73. The van der Waals surface area contributed by atoms with Gasteiger partial charge in [0.2, 0.25) is 0 Å². The summed E-state index contributed by atoms with van der Waals surface area (Å²) in [6, 6.07) is 6.96. The molecular weight excluding hydrogens is 320 g/mol. The number of fused-ring (bicyclic) bond motifs is 1. The summed E-state index contributed by atoms with van der Waals surface area (Å²) in [5, 5.41) is 6.03. The van der Waals surface area contributed by atoms with E-state index in [1.807, 2.05) is 0 Å². The first-order valence-corrected chi connectivity index (χ1v) is 8.53. The predicted octanol–water partition coefficient (Wildman–Crippen LogP) is 3.10. The van der Waals surface area contributed by atoms with Crippen LogP contribution in [0.15, 0.2) is 30.6 Å². The average molecular weight is 342 g/mol. The Morgan fingerprint density at radius 3 is 2.80 bits per heavy atom. The summed E-state index contributed by atoms with van der Waals surface area (Å²) < 4.78 is 11.0. The quantitative estimate of drug-likeness (QED) is 0.752. The lowest BCUT2D eigenvalue weighted by Gasteiger charge is -2.19. The number of nitrogens with zero attached hydrogens (tertiary/aromatic N) is 2. The van der Waals surface area contributed by atoms with E-state index in [1.54, 1.807) is 24.3 Å². The number of amides is 1. The minimum atomic E-state index is -0.296. The number of hydrogen-bond acceptors (Lipinski definition) is 6. The van der Waals surface area contributed by atoms with Crippen molar-refractivity contribution >= 4 is 17.4 Å². The molecule has 132 valence electrons. The molecule has 0 fully saturated rings. The Hall–Kier alpha value is -2.83. The average Bonchev–Trinajstić information content (AvgIpc) is 2.65. The van der Waals surface area contributed by atoms with Crippen LogP contribution in [0.5, 0.6) is 11.5 Å². The maximum atomic E-state index is 12.4. The molecule has 7 nitrogen and oxygen atoms in total. The molecule has 1 aliphatic rings. The van der Waals surface area contributed by atoms with Crippen LogP contribution < -0.4 is 20.1 Å². The SMILES string of the molecule is CCCCCNc1cc(C(=O)Nc2ccc3c(c2)OCCO3)ncn1. The topological polar surface area (TPSA) is 85.4 Å². The molecule has 1 aliphatic heterocycles. The number of carbonyl (C=O) groups excluding carboxylic acids is 1. The number of ether oxygens (including phenoxy) is 2. The zero-order valence-electron chi connectivity index (χ0n) is 14.2. The molecule has 2 heterocycles. The van der Waals surface area contributed by atoms with Crippen LogP contribution in [-0.4, -0.2) is 35.6 Å². The predicted molar refractivity (Wildman–Crippen MR) is 95.4 cm³/mol. The number of rotatable bonds is 7. The third-order valence-corrected chi connectivity index (χ3v) is 3.79. The fourth-order valence-electron chi connectivity index (χ4n) is 2.49. The number of unbranched alkanes of at least 4 members (excludes halogenated alkanes) is 2. The Bertz CT molecular complexity index is 736. The summed E-state index contributed by atoms with van der Waals surface area (Å²) in [4.78, 5) is 20.6. The fraction of sp³-hybridized carbons (Fsp3) is 0.389. The lowest BCUT2D eigenvalue weighted by molar-refractivity contribution is 0.102. The monoisotopic (exact) mass is 342 g/mol. The van der Waals surface area contributed by atoms with Crippen molar-refractivity contribution in [1.82, 2.24) is 9.97 Å². The Morgan fingerprint density at radius 1 is 1.12 bits per heavy atom. The van der Waals surface area contributed by atoms with Gasteiger partial charge in [0.1, 0.15) is 31.1 Å². The Morgan fingerprint density at radius 2 is 1.96 bits per heavy atom. The third-order valence-electron chi connectivity index (χ3n) is 3.79. The van der Waals surface area contributed by atoms with E-state index in [0.29, 0.717) is 41.9 Å². The van der Waals surface area contributed by atoms with Crippen LogP contribution in [0.3, 0.4) is 0 Å². The third kappa shape index (κ3) is 4.59. The van der Waals surface area contributed by atoms with E-state index in [4.69, 9.17) is 9.47 Å². The van der Waals surface area contributed by atoms with Crippen molar-refractivity contribution in [2.75, 3.05) is 30.4 Å². The van der Waals surface area contributed by atoms with Crippen molar-refractivity contribution < 1.29 is 14.3 Å². The van der Waals surface area contributed by atoms with Gasteiger partial charge < -0.3 is 20.1 Å². The molecule has 3 rings (SSSR count). The molecule has 0 saturated carbocycles. The van der Waals surface area contributed by atoms with Crippen molar-refractivity contribution in [3.63, 3.8) is 0 Å². The van der Waals surface area contributed by atoms with Crippen LogP contribution in [0.25, 0.3) is 0 Å². The molecule has 1 amide bonds. The summed E-state index contributed by atoms with van der Waals surface area (Å²) >= 11 is 0. The Kier molecular flexibility index (Phi) is 5.66. The van der Waals surface area contributed by atoms with Gasteiger partial charge in [-0.2, -0.15) is 0 Å². The van der Waals surface area contributed by atoms with Gasteiger partial charge in [-0.05, 0) is 18.6 Å².